The molecular weight excluding hydrogens is 703 g/mol. The smallest absolute Gasteiger partial charge is 0.249 e. The molecule has 5 heteroatoms. The van der Waals surface area contributed by atoms with Crippen LogP contribution in [0.2, 0.25) is 0 Å². The fraction of sp³-hybridized carbons (Fsp3) is 0.827. The average Bonchev–Trinajstić information content (AvgIpc) is 3.22. The second-order valence-corrected chi connectivity index (χ2v) is 17.0. The molecule has 0 aliphatic heterocycles. The summed E-state index contributed by atoms with van der Waals surface area (Å²) in [5.41, 5.74) is 0. The van der Waals surface area contributed by atoms with E-state index in [1.165, 1.54) is 186 Å². The van der Waals surface area contributed by atoms with Gasteiger partial charge in [-0.05, 0) is 64.2 Å². The Hall–Kier alpha value is -1.69. The van der Waals surface area contributed by atoms with Gasteiger partial charge in [0.15, 0.2) is 0 Å². The molecule has 334 valence electrons. The van der Waals surface area contributed by atoms with E-state index in [9.17, 15) is 20.1 Å². The molecule has 0 aliphatic rings. The molecule has 4 N–H and O–H groups in total. The predicted molar refractivity (Wildman–Crippen MR) is 250 cm³/mol. The summed E-state index contributed by atoms with van der Waals surface area (Å²) in [5, 5.41) is 33.2. The van der Waals surface area contributed by atoms with E-state index < -0.39 is 24.2 Å². The maximum Gasteiger partial charge on any atom is 0.249 e. The molecule has 0 saturated carbocycles. The first-order valence-electron chi connectivity index (χ1n) is 25.0. The van der Waals surface area contributed by atoms with Gasteiger partial charge in [-0.1, -0.05) is 236 Å². The molecule has 0 bridgehead atoms. The predicted octanol–water partition coefficient (Wildman–Crippen LogP) is 14.9. The monoisotopic (exact) mass is 800 g/mol. The van der Waals surface area contributed by atoms with Crippen molar-refractivity contribution in [2.75, 3.05) is 6.61 Å². The first-order chi connectivity index (χ1) is 28.1. The number of hydrogen-bond acceptors (Lipinski definition) is 4. The molecule has 3 unspecified atom stereocenters. The normalized spacial score (nSPS) is 13.8. The van der Waals surface area contributed by atoms with Crippen LogP contribution in [0, 0.1) is 0 Å². The average molecular weight is 800 g/mol. The molecule has 0 aromatic carbocycles. The number of carbonyl (C=O) groups excluding carboxylic acids is 1. The molecular formula is C52H97NO4. The van der Waals surface area contributed by atoms with Gasteiger partial charge < -0.3 is 20.6 Å². The quantitative estimate of drug-likeness (QED) is 0.0365. The lowest BCUT2D eigenvalue weighted by atomic mass is 10.0. The van der Waals surface area contributed by atoms with Gasteiger partial charge in [-0.3, -0.25) is 4.79 Å². The highest BCUT2D eigenvalue weighted by Crippen LogP contribution is 2.15. The van der Waals surface area contributed by atoms with Crippen molar-refractivity contribution in [3.63, 3.8) is 0 Å². The molecule has 0 rings (SSSR count). The number of allylic oxidation sites excluding steroid dienone is 7. The van der Waals surface area contributed by atoms with Crippen LogP contribution in [0.3, 0.4) is 0 Å². The molecule has 0 fully saturated rings. The lowest BCUT2D eigenvalue weighted by molar-refractivity contribution is -0.131. The minimum Gasteiger partial charge on any atom is -0.394 e. The van der Waals surface area contributed by atoms with Crippen LogP contribution in [-0.2, 0) is 4.79 Å². The summed E-state index contributed by atoms with van der Waals surface area (Å²) in [6.45, 7) is 4.17. The Kier molecular flexibility index (Phi) is 45.6. The van der Waals surface area contributed by atoms with Crippen LogP contribution < -0.4 is 5.32 Å². The van der Waals surface area contributed by atoms with Crippen molar-refractivity contribution in [3.8, 4) is 0 Å². The summed E-state index contributed by atoms with van der Waals surface area (Å²) in [6, 6.07) is -0.815. The topological polar surface area (TPSA) is 89.8 Å². The summed E-state index contributed by atoms with van der Waals surface area (Å²) in [5.74, 6) is -0.514. The van der Waals surface area contributed by atoms with E-state index in [0.29, 0.717) is 6.42 Å². The van der Waals surface area contributed by atoms with Crippen molar-refractivity contribution >= 4 is 5.91 Å². The fourth-order valence-electron chi connectivity index (χ4n) is 7.47. The van der Waals surface area contributed by atoms with Gasteiger partial charge in [0.2, 0.25) is 5.91 Å². The first-order valence-corrected chi connectivity index (χ1v) is 25.0. The van der Waals surface area contributed by atoms with Crippen molar-refractivity contribution in [1.82, 2.24) is 5.32 Å². The number of carbonyl (C=O) groups is 1. The van der Waals surface area contributed by atoms with Crippen LogP contribution >= 0.6 is 0 Å². The van der Waals surface area contributed by atoms with Crippen LogP contribution in [0.1, 0.15) is 251 Å². The molecule has 5 nitrogen and oxygen atoms in total. The van der Waals surface area contributed by atoms with Gasteiger partial charge in [-0.2, -0.15) is 0 Å². The highest BCUT2D eigenvalue weighted by molar-refractivity contribution is 5.80. The fourth-order valence-corrected chi connectivity index (χ4v) is 7.47. The number of hydrogen-bond donors (Lipinski definition) is 4. The van der Waals surface area contributed by atoms with Crippen molar-refractivity contribution in [2.24, 2.45) is 0 Å². The number of aliphatic hydroxyl groups excluding tert-OH is 3. The molecule has 0 spiro atoms. The summed E-state index contributed by atoms with van der Waals surface area (Å²) in [4.78, 5) is 12.5. The highest BCUT2D eigenvalue weighted by atomic mass is 16.3. The zero-order valence-corrected chi connectivity index (χ0v) is 38.0. The van der Waals surface area contributed by atoms with E-state index in [4.69, 9.17) is 0 Å². The van der Waals surface area contributed by atoms with Gasteiger partial charge in [-0.15, -0.1) is 0 Å². The number of aliphatic hydroxyl groups is 3. The summed E-state index contributed by atoms with van der Waals surface area (Å²) >= 11 is 0. The Morgan fingerprint density at radius 3 is 1.18 bits per heavy atom. The summed E-state index contributed by atoms with van der Waals surface area (Å²) < 4.78 is 0. The van der Waals surface area contributed by atoms with Crippen molar-refractivity contribution in [3.05, 3.63) is 48.6 Å². The maximum absolute atomic E-state index is 12.5. The first kappa shape index (κ1) is 55.3. The number of unbranched alkanes of at least 4 members (excludes halogenated alkanes) is 31. The van der Waals surface area contributed by atoms with E-state index in [1.807, 2.05) is 6.08 Å². The van der Waals surface area contributed by atoms with Crippen molar-refractivity contribution in [1.29, 1.82) is 0 Å². The second kappa shape index (κ2) is 47.0. The van der Waals surface area contributed by atoms with E-state index in [-0.39, 0.29) is 6.61 Å². The van der Waals surface area contributed by atoms with Gasteiger partial charge in [0, 0.05) is 0 Å². The number of rotatable bonds is 45. The zero-order chi connectivity index (χ0) is 41.5. The van der Waals surface area contributed by atoms with Crippen molar-refractivity contribution in [2.45, 2.75) is 270 Å². The third-order valence-corrected chi connectivity index (χ3v) is 11.4. The summed E-state index contributed by atoms with van der Waals surface area (Å²) in [7, 11) is 0. The lowest BCUT2D eigenvalue weighted by Crippen LogP contribution is -2.48. The third-order valence-electron chi connectivity index (χ3n) is 11.4. The Labute approximate surface area is 355 Å². The number of amides is 1. The van der Waals surface area contributed by atoms with Gasteiger partial charge in [-0.25, -0.2) is 0 Å². The third kappa shape index (κ3) is 42.2. The lowest BCUT2D eigenvalue weighted by Gasteiger charge is -2.21. The summed E-state index contributed by atoms with van der Waals surface area (Å²) in [6.07, 6.45) is 61.7. The van der Waals surface area contributed by atoms with Gasteiger partial charge in [0.1, 0.15) is 6.10 Å². The minimum absolute atomic E-state index is 0.377. The molecule has 0 aliphatic carbocycles. The van der Waals surface area contributed by atoms with Crippen LogP contribution in [0.5, 0.6) is 0 Å². The van der Waals surface area contributed by atoms with Crippen molar-refractivity contribution < 1.29 is 20.1 Å². The van der Waals surface area contributed by atoms with E-state index >= 15 is 0 Å². The van der Waals surface area contributed by atoms with E-state index in [2.05, 4.69) is 55.6 Å². The maximum atomic E-state index is 12.5. The molecule has 1 amide bonds. The van der Waals surface area contributed by atoms with Crippen LogP contribution in [0.25, 0.3) is 0 Å². The SMILES string of the molecule is CCCCCCCCCCC/C=C\C/C=C\CCCCCCCCCCCCCCC(O)C(=O)NC(CO)C(O)/C=C/CC/C=C/CCCCCCCCCCC. The molecule has 0 heterocycles. The molecule has 0 saturated heterocycles. The zero-order valence-electron chi connectivity index (χ0n) is 38.0. The van der Waals surface area contributed by atoms with E-state index in [0.717, 1.165) is 44.9 Å². The molecule has 57 heavy (non-hydrogen) atoms. The van der Waals surface area contributed by atoms with Gasteiger partial charge in [0.05, 0.1) is 18.8 Å². The Morgan fingerprint density at radius 1 is 0.439 bits per heavy atom. The number of nitrogens with one attached hydrogen (secondary N) is 1. The standard InChI is InChI=1S/C52H97NO4/c1-3-5-7-9-11-13-15-17-19-20-21-22-23-24-25-26-27-28-29-30-31-33-35-37-39-41-43-45-47-51(56)52(57)53-49(48-54)50(55)46-44-42-40-38-36-34-32-18-16-14-12-10-8-6-4-2/h21-22,24-25,36,38,44,46,49-51,54-56H,3-20,23,26-35,37,39-43,45,47-48H2,1-2H3,(H,53,57)/b22-21-,25-24-,38-36+,46-44+. The molecule has 3 atom stereocenters. The second-order valence-electron chi connectivity index (χ2n) is 17.0. The molecule has 0 radical (unpaired) electrons. The molecule has 0 aromatic heterocycles. The highest BCUT2D eigenvalue weighted by Gasteiger charge is 2.22. The largest absolute Gasteiger partial charge is 0.394 e. The van der Waals surface area contributed by atoms with Crippen LogP contribution in [0.15, 0.2) is 48.6 Å². The van der Waals surface area contributed by atoms with Crippen LogP contribution in [-0.4, -0.2) is 46.1 Å². The van der Waals surface area contributed by atoms with E-state index in [1.54, 1.807) is 6.08 Å². The molecule has 0 aromatic rings. The van der Waals surface area contributed by atoms with Crippen LogP contribution in [0.4, 0.5) is 0 Å². The Morgan fingerprint density at radius 2 is 0.772 bits per heavy atom. The Bertz CT molecular complexity index is 927. The minimum atomic E-state index is -1.11. The van der Waals surface area contributed by atoms with Gasteiger partial charge >= 0.3 is 0 Å². The van der Waals surface area contributed by atoms with Gasteiger partial charge in [0.25, 0.3) is 0 Å². The Balaban J connectivity index is 3.63.